The number of aryl methyl sites for hydroxylation is 1. The van der Waals surface area contributed by atoms with E-state index in [1.54, 1.807) is 0 Å². The van der Waals surface area contributed by atoms with Crippen LogP contribution in [0.1, 0.15) is 12.1 Å². The summed E-state index contributed by atoms with van der Waals surface area (Å²) in [6.07, 6.45) is 4.37. The molecule has 0 atom stereocenters. The molecule has 5 nitrogen and oxygen atoms in total. The molecule has 0 unspecified atom stereocenters. The first kappa shape index (κ1) is 11.2. The summed E-state index contributed by atoms with van der Waals surface area (Å²) in [6, 6.07) is 5.71. The minimum atomic E-state index is -0.790. The Balaban J connectivity index is 0.00000112. The first-order valence-corrected chi connectivity index (χ1v) is 4.40. The standard InChI is InChI=1S/C10H10N2O2.H2O/c13-10(14)5-4-8-7-12-6-2-1-3-9(12)11-8;/h1-3,6-7H,4-5H2,(H,13,14);1H2. The summed E-state index contributed by atoms with van der Waals surface area (Å²) in [5.74, 6) is -0.790. The van der Waals surface area contributed by atoms with Gasteiger partial charge in [0.2, 0.25) is 0 Å². The largest absolute Gasteiger partial charge is 0.481 e. The normalized spacial score (nSPS) is 9.87. The summed E-state index contributed by atoms with van der Waals surface area (Å²) in [5.41, 5.74) is 1.67. The third kappa shape index (κ3) is 2.54. The van der Waals surface area contributed by atoms with Gasteiger partial charge in [-0.3, -0.25) is 4.79 Å². The molecule has 0 aliphatic carbocycles. The number of nitrogens with zero attached hydrogens (tertiary/aromatic N) is 2. The molecule has 0 aromatic carbocycles. The van der Waals surface area contributed by atoms with Gasteiger partial charge in [0.25, 0.3) is 0 Å². The van der Waals surface area contributed by atoms with Gasteiger partial charge in [0.1, 0.15) is 5.65 Å². The second-order valence-corrected chi connectivity index (χ2v) is 3.09. The summed E-state index contributed by atoms with van der Waals surface area (Å²) < 4.78 is 1.89. The summed E-state index contributed by atoms with van der Waals surface area (Å²) in [6.45, 7) is 0. The number of hydrogen-bond acceptors (Lipinski definition) is 2. The van der Waals surface area contributed by atoms with Crippen molar-refractivity contribution in [2.75, 3.05) is 0 Å². The van der Waals surface area contributed by atoms with E-state index in [2.05, 4.69) is 4.98 Å². The van der Waals surface area contributed by atoms with Crippen molar-refractivity contribution in [1.29, 1.82) is 0 Å². The fraction of sp³-hybridized carbons (Fsp3) is 0.200. The topological polar surface area (TPSA) is 86.1 Å². The molecule has 2 aromatic heterocycles. The molecule has 0 bridgehead atoms. The lowest BCUT2D eigenvalue weighted by atomic mass is 10.2. The Morgan fingerprint density at radius 1 is 1.47 bits per heavy atom. The highest BCUT2D eigenvalue weighted by atomic mass is 16.4. The minimum absolute atomic E-state index is 0. The Kier molecular flexibility index (Phi) is 3.41. The van der Waals surface area contributed by atoms with Crippen molar-refractivity contribution in [2.24, 2.45) is 0 Å². The Morgan fingerprint density at radius 3 is 2.93 bits per heavy atom. The van der Waals surface area contributed by atoms with Gasteiger partial charge in [0.15, 0.2) is 0 Å². The molecule has 2 aromatic rings. The second kappa shape index (κ2) is 4.56. The lowest BCUT2D eigenvalue weighted by molar-refractivity contribution is -0.136. The highest BCUT2D eigenvalue weighted by Crippen LogP contribution is 2.06. The number of rotatable bonds is 3. The number of imidazole rings is 1. The first-order valence-electron chi connectivity index (χ1n) is 4.40. The molecule has 0 saturated heterocycles. The van der Waals surface area contributed by atoms with Crippen molar-refractivity contribution in [3.05, 3.63) is 36.3 Å². The molecular formula is C10H12N2O3. The molecule has 3 N–H and O–H groups in total. The van der Waals surface area contributed by atoms with Crippen LogP contribution in [0.4, 0.5) is 0 Å². The number of hydrogen-bond donors (Lipinski definition) is 1. The van der Waals surface area contributed by atoms with E-state index < -0.39 is 5.97 Å². The van der Waals surface area contributed by atoms with Gasteiger partial charge in [-0.2, -0.15) is 0 Å². The van der Waals surface area contributed by atoms with E-state index in [0.29, 0.717) is 6.42 Å². The van der Waals surface area contributed by atoms with Crippen molar-refractivity contribution in [3.63, 3.8) is 0 Å². The van der Waals surface area contributed by atoms with Gasteiger partial charge in [-0.15, -0.1) is 0 Å². The van der Waals surface area contributed by atoms with Crippen LogP contribution in [-0.4, -0.2) is 25.9 Å². The summed E-state index contributed by atoms with van der Waals surface area (Å²) in [4.78, 5) is 14.6. The fourth-order valence-electron chi connectivity index (χ4n) is 1.34. The zero-order valence-electron chi connectivity index (χ0n) is 8.05. The van der Waals surface area contributed by atoms with Gasteiger partial charge in [-0.1, -0.05) is 6.07 Å². The van der Waals surface area contributed by atoms with Crippen LogP contribution in [0.25, 0.3) is 5.65 Å². The van der Waals surface area contributed by atoms with Crippen molar-refractivity contribution in [1.82, 2.24) is 9.38 Å². The number of carboxylic acid groups (broad SMARTS) is 1. The van der Waals surface area contributed by atoms with Gasteiger partial charge in [0, 0.05) is 18.8 Å². The molecular weight excluding hydrogens is 196 g/mol. The summed E-state index contributed by atoms with van der Waals surface area (Å²) in [5, 5.41) is 8.52. The maximum Gasteiger partial charge on any atom is 0.303 e. The van der Waals surface area contributed by atoms with Crippen molar-refractivity contribution < 1.29 is 15.4 Å². The number of fused-ring (bicyclic) bond motifs is 1. The van der Waals surface area contributed by atoms with Crippen LogP contribution in [0.15, 0.2) is 30.6 Å². The molecule has 2 rings (SSSR count). The third-order valence-electron chi connectivity index (χ3n) is 2.01. The fourth-order valence-corrected chi connectivity index (χ4v) is 1.34. The molecule has 0 fully saturated rings. The van der Waals surface area contributed by atoms with Crippen LogP contribution in [0.3, 0.4) is 0 Å². The number of aromatic nitrogens is 2. The van der Waals surface area contributed by atoms with E-state index in [0.717, 1.165) is 11.3 Å². The average molecular weight is 208 g/mol. The van der Waals surface area contributed by atoms with Crippen LogP contribution in [-0.2, 0) is 11.2 Å². The maximum absolute atomic E-state index is 10.4. The molecule has 80 valence electrons. The zero-order chi connectivity index (χ0) is 9.97. The van der Waals surface area contributed by atoms with Crippen molar-refractivity contribution in [3.8, 4) is 0 Å². The summed E-state index contributed by atoms with van der Waals surface area (Å²) in [7, 11) is 0. The molecule has 0 aliphatic heterocycles. The van der Waals surface area contributed by atoms with Crippen LogP contribution >= 0.6 is 0 Å². The zero-order valence-corrected chi connectivity index (χ0v) is 8.05. The molecule has 0 aliphatic rings. The van der Waals surface area contributed by atoms with Gasteiger partial charge in [-0.25, -0.2) is 4.98 Å². The molecule has 0 saturated carbocycles. The smallest absolute Gasteiger partial charge is 0.303 e. The Bertz CT molecular complexity index is 431. The van der Waals surface area contributed by atoms with E-state index in [9.17, 15) is 4.79 Å². The molecule has 0 amide bonds. The minimum Gasteiger partial charge on any atom is -0.481 e. The van der Waals surface area contributed by atoms with E-state index in [1.807, 2.05) is 35.0 Å². The van der Waals surface area contributed by atoms with E-state index >= 15 is 0 Å². The van der Waals surface area contributed by atoms with Gasteiger partial charge in [0.05, 0.1) is 12.1 Å². The molecule has 5 heteroatoms. The second-order valence-electron chi connectivity index (χ2n) is 3.09. The predicted molar refractivity (Wildman–Crippen MR) is 54.8 cm³/mol. The lowest BCUT2D eigenvalue weighted by Gasteiger charge is -1.89. The molecule has 0 spiro atoms. The Labute approximate surface area is 86.3 Å². The third-order valence-corrected chi connectivity index (χ3v) is 2.01. The van der Waals surface area contributed by atoms with Crippen LogP contribution in [0.5, 0.6) is 0 Å². The van der Waals surface area contributed by atoms with Crippen molar-refractivity contribution in [2.45, 2.75) is 12.8 Å². The van der Waals surface area contributed by atoms with Crippen LogP contribution < -0.4 is 0 Å². The quantitative estimate of drug-likeness (QED) is 0.798. The SMILES string of the molecule is O.O=C(O)CCc1cn2ccccc2n1. The summed E-state index contributed by atoms with van der Waals surface area (Å²) >= 11 is 0. The average Bonchev–Trinajstić information content (AvgIpc) is 2.57. The molecule has 15 heavy (non-hydrogen) atoms. The monoisotopic (exact) mass is 208 g/mol. The van der Waals surface area contributed by atoms with E-state index in [1.165, 1.54) is 0 Å². The Morgan fingerprint density at radius 2 is 2.27 bits per heavy atom. The van der Waals surface area contributed by atoms with Crippen LogP contribution in [0.2, 0.25) is 0 Å². The van der Waals surface area contributed by atoms with E-state index in [4.69, 9.17) is 5.11 Å². The highest BCUT2D eigenvalue weighted by molar-refractivity contribution is 5.67. The molecule has 0 radical (unpaired) electrons. The Hall–Kier alpha value is -1.88. The maximum atomic E-state index is 10.4. The number of pyridine rings is 1. The van der Waals surface area contributed by atoms with Gasteiger partial charge >= 0.3 is 5.97 Å². The first-order chi connectivity index (χ1) is 6.75. The van der Waals surface area contributed by atoms with Gasteiger partial charge in [-0.05, 0) is 12.1 Å². The van der Waals surface area contributed by atoms with Crippen molar-refractivity contribution >= 4 is 11.6 Å². The predicted octanol–water partition coefficient (Wildman–Crippen LogP) is 0.527. The number of carbonyl (C=O) groups is 1. The highest BCUT2D eigenvalue weighted by Gasteiger charge is 2.03. The lowest BCUT2D eigenvalue weighted by Crippen LogP contribution is -1.97. The van der Waals surface area contributed by atoms with Crippen LogP contribution in [0, 0.1) is 0 Å². The van der Waals surface area contributed by atoms with E-state index in [-0.39, 0.29) is 11.9 Å². The number of aliphatic carboxylic acids is 1. The van der Waals surface area contributed by atoms with Gasteiger partial charge < -0.3 is 15.0 Å². The number of carboxylic acids is 1. The molecule has 2 heterocycles.